The minimum atomic E-state index is -0.177. The molecule has 1 aromatic heterocycles. The SMILES string of the molecule is C/C(=C1/SC(N2CCC3(CC2)OCc2ccccc23)=NC1=O)c1ncc[nH]1. The summed E-state index contributed by atoms with van der Waals surface area (Å²) >= 11 is 1.45. The first-order valence-electron chi connectivity index (χ1n) is 9.15. The number of aliphatic imine (C=N–C) groups is 1. The molecule has 2 aromatic rings. The summed E-state index contributed by atoms with van der Waals surface area (Å²) in [6.45, 7) is 4.27. The Labute approximate surface area is 161 Å². The number of amidine groups is 1. The Kier molecular flexibility index (Phi) is 3.94. The molecule has 1 saturated heterocycles. The third kappa shape index (κ3) is 2.73. The summed E-state index contributed by atoms with van der Waals surface area (Å²) in [7, 11) is 0. The Hall–Kier alpha value is -2.38. The van der Waals surface area contributed by atoms with Gasteiger partial charge in [-0.2, -0.15) is 4.99 Å². The third-order valence-corrected chi connectivity index (χ3v) is 6.85. The van der Waals surface area contributed by atoms with Crippen LogP contribution in [-0.4, -0.2) is 39.0 Å². The highest BCUT2D eigenvalue weighted by atomic mass is 32.2. The molecule has 0 radical (unpaired) electrons. The number of imidazole rings is 1. The zero-order valence-electron chi connectivity index (χ0n) is 15.1. The van der Waals surface area contributed by atoms with Gasteiger partial charge in [-0.3, -0.25) is 4.79 Å². The second-order valence-electron chi connectivity index (χ2n) is 7.12. The first kappa shape index (κ1) is 16.8. The van der Waals surface area contributed by atoms with E-state index in [1.165, 1.54) is 22.9 Å². The van der Waals surface area contributed by atoms with Gasteiger partial charge in [-0.15, -0.1) is 0 Å². The van der Waals surface area contributed by atoms with E-state index in [4.69, 9.17) is 4.74 Å². The maximum Gasteiger partial charge on any atom is 0.286 e. The van der Waals surface area contributed by atoms with E-state index in [2.05, 4.69) is 44.1 Å². The molecule has 5 rings (SSSR count). The largest absolute Gasteiger partial charge is 0.365 e. The molecular weight excluding hydrogens is 360 g/mol. The number of hydrogen-bond donors (Lipinski definition) is 1. The van der Waals surface area contributed by atoms with Crippen LogP contribution < -0.4 is 0 Å². The maximum atomic E-state index is 12.4. The van der Waals surface area contributed by atoms with Gasteiger partial charge in [0, 0.05) is 31.1 Å². The van der Waals surface area contributed by atoms with Crippen LogP contribution in [0.3, 0.4) is 0 Å². The number of ether oxygens (including phenoxy) is 1. The first-order valence-corrected chi connectivity index (χ1v) is 9.97. The van der Waals surface area contributed by atoms with Crippen molar-refractivity contribution in [3.05, 3.63) is 58.5 Å². The fourth-order valence-electron chi connectivity index (χ4n) is 4.10. The average molecular weight is 380 g/mol. The van der Waals surface area contributed by atoms with Crippen LogP contribution in [0.1, 0.15) is 36.7 Å². The summed E-state index contributed by atoms with van der Waals surface area (Å²) in [5, 5.41) is 0.794. The van der Waals surface area contributed by atoms with Crippen molar-refractivity contribution in [2.75, 3.05) is 13.1 Å². The number of carbonyl (C=O) groups is 1. The Morgan fingerprint density at radius 1 is 1.30 bits per heavy atom. The van der Waals surface area contributed by atoms with Crippen molar-refractivity contribution in [3.8, 4) is 0 Å². The predicted molar refractivity (Wildman–Crippen MR) is 105 cm³/mol. The second kappa shape index (κ2) is 6.35. The molecule has 0 saturated carbocycles. The summed E-state index contributed by atoms with van der Waals surface area (Å²) in [6, 6.07) is 8.50. The Bertz CT molecular complexity index is 956. The summed E-state index contributed by atoms with van der Waals surface area (Å²) in [5.74, 6) is 0.544. The highest BCUT2D eigenvalue weighted by Gasteiger charge is 2.43. The zero-order chi connectivity index (χ0) is 18.4. The quantitative estimate of drug-likeness (QED) is 0.769. The van der Waals surface area contributed by atoms with Gasteiger partial charge in [0.25, 0.3) is 5.91 Å². The number of nitrogens with zero attached hydrogens (tertiary/aromatic N) is 3. The van der Waals surface area contributed by atoms with Crippen LogP contribution in [0.15, 0.2) is 46.6 Å². The number of benzene rings is 1. The normalized spacial score (nSPS) is 22.9. The number of likely N-dealkylation sites (tertiary alicyclic amines) is 1. The minimum absolute atomic E-state index is 0.174. The molecule has 1 amide bonds. The topological polar surface area (TPSA) is 70.6 Å². The molecule has 3 aliphatic rings. The molecule has 4 heterocycles. The van der Waals surface area contributed by atoms with Crippen LogP contribution in [0.5, 0.6) is 0 Å². The molecule has 1 aromatic carbocycles. The Morgan fingerprint density at radius 2 is 2.11 bits per heavy atom. The van der Waals surface area contributed by atoms with Crippen molar-refractivity contribution in [3.63, 3.8) is 0 Å². The monoisotopic (exact) mass is 380 g/mol. The number of amides is 1. The van der Waals surface area contributed by atoms with Crippen molar-refractivity contribution < 1.29 is 9.53 Å². The van der Waals surface area contributed by atoms with Crippen molar-refractivity contribution in [2.45, 2.75) is 32.0 Å². The van der Waals surface area contributed by atoms with E-state index >= 15 is 0 Å². The van der Waals surface area contributed by atoms with E-state index in [-0.39, 0.29) is 11.5 Å². The molecular formula is C20H20N4O2S. The molecule has 0 bridgehead atoms. The summed E-state index contributed by atoms with van der Waals surface area (Å²) in [6.07, 6.45) is 5.27. The number of thioether (sulfide) groups is 1. The van der Waals surface area contributed by atoms with Gasteiger partial charge < -0.3 is 14.6 Å². The number of rotatable bonds is 1. The summed E-state index contributed by atoms with van der Waals surface area (Å²) in [5.41, 5.74) is 3.29. The fourth-order valence-corrected chi connectivity index (χ4v) is 5.11. The summed E-state index contributed by atoms with van der Waals surface area (Å²) in [4.78, 5) is 26.9. The minimum Gasteiger partial charge on any atom is -0.365 e. The third-order valence-electron chi connectivity index (χ3n) is 5.63. The van der Waals surface area contributed by atoms with Crippen molar-refractivity contribution in [1.29, 1.82) is 0 Å². The Morgan fingerprint density at radius 3 is 2.89 bits per heavy atom. The summed E-state index contributed by atoms with van der Waals surface area (Å²) < 4.78 is 6.23. The second-order valence-corrected chi connectivity index (χ2v) is 8.10. The van der Waals surface area contributed by atoms with Gasteiger partial charge in [0.15, 0.2) is 5.17 Å². The molecule has 3 aliphatic heterocycles. The van der Waals surface area contributed by atoms with E-state index in [0.717, 1.165) is 42.5 Å². The average Bonchev–Trinajstić information content (AvgIpc) is 3.43. The highest BCUT2D eigenvalue weighted by molar-refractivity contribution is 8.18. The lowest BCUT2D eigenvalue weighted by atomic mass is 9.84. The predicted octanol–water partition coefficient (Wildman–Crippen LogP) is 3.29. The van der Waals surface area contributed by atoms with Crippen molar-refractivity contribution >= 4 is 28.4 Å². The highest BCUT2D eigenvalue weighted by Crippen LogP contribution is 2.45. The molecule has 1 fully saturated rings. The van der Waals surface area contributed by atoms with Crippen LogP contribution in [0.4, 0.5) is 0 Å². The fraction of sp³-hybridized carbons (Fsp3) is 0.350. The number of aromatic amines is 1. The lowest BCUT2D eigenvalue weighted by Crippen LogP contribution is -2.44. The molecule has 0 atom stereocenters. The van der Waals surface area contributed by atoms with Crippen molar-refractivity contribution in [1.82, 2.24) is 14.9 Å². The zero-order valence-corrected chi connectivity index (χ0v) is 15.9. The standard InChI is InChI=1S/C20H20N4O2S/c1-13(17-21-8-9-22-17)16-18(25)23-19(27-16)24-10-6-20(7-11-24)15-5-3-2-4-14(15)12-26-20/h2-5,8-9H,6-7,10-12H2,1H3,(H,21,22)/b16-13-. The molecule has 138 valence electrons. The van der Waals surface area contributed by atoms with Gasteiger partial charge in [-0.25, -0.2) is 4.98 Å². The molecule has 1 N–H and O–H groups in total. The number of nitrogens with one attached hydrogen (secondary N) is 1. The molecule has 7 heteroatoms. The van der Waals surface area contributed by atoms with E-state index in [9.17, 15) is 4.79 Å². The molecule has 0 aliphatic carbocycles. The molecule has 0 unspecified atom stereocenters. The van der Waals surface area contributed by atoms with Gasteiger partial charge in [0.05, 0.1) is 17.1 Å². The number of fused-ring (bicyclic) bond motifs is 2. The number of piperidine rings is 1. The van der Waals surface area contributed by atoms with Crippen LogP contribution >= 0.6 is 11.8 Å². The van der Waals surface area contributed by atoms with Crippen LogP contribution in [0.25, 0.3) is 5.57 Å². The first-order chi connectivity index (χ1) is 13.2. The van der Waals surface area contributed by atoms with E-state index in [0.29, 0.717) is 11.5 Å². The Balaban J connectivity index is 1.32. The number of aromatic nitrogens is 2. The van der Waals surface area contributed by atoms with Gasteiger partial charge >= 0.3 is 0 Å². The van der Waals surface area contributed by atoms with Crippen molar-refractivity contribution in [2.24, 2.45) is 4.99 Å². The number of hydrogen-bond acceptors (Lipinski definition) is 5. The van der Waals surface area contributed by atoms with Gasteiger partial charge in [0.1, 0.15) is 5.82 Å². The molecule has 1 spiro atoms. The van der Waals surface area contributed by atoms with Gasteiger partial charge in [0.2, 0.25) is 0 Å². The maximum absolute atomic E-state index is 12.4. The molecule has 6 nitrogen and oxygen atoms in total. The van der Waals surface area contributed by atoms with Gasteiger partial charge in [-0.05, 0) is 42.7 Å². The number of allylic oxidation sites excluding steroid dienone is 1. The van der Waals surface area contributed by atoms with E-state index in [1.54, 1.807) is 12.4 Å². The lowest BCUT2D eigenvalue weighted by molar-refractivity contribution is -0.113. The van der Waals surface area contributed by atoms with Gasteiger partial charge in [-0.1, -0.05) is 24.3 Å². The van der Waals surface area contributed by atoms with E-state index < -0.39 is 0 Å². The lowest BCUT2D eigenvalue weighted by Gasteiger charge is -2.39. The number of carbonyl (C=O) groups excluding carboxylic acids is 1. The van der Waals surface area contributed by atoms with E-state index in [1.807, 2.05) is 6.92 Å². The van der Waals surface area contributed by atoms with Crippen LogP contribution in [-0.2, 0) is 21.7 Å². The van der Waals surface area contributed by atoms with Crippen LogP contribution in [0, 0.1) is 0 Å². The van der Waals surface area contributed by atoms with Crippen LogP contribution in [0.2, 0.25) is 0 Å². The molecule has 27 heavy (non-hydrogen) atoms. The number of H-pyrrole nitrogens is 1. The smallest absolute Gasteiger partial charge is 0.286 e.